The van der Waals surface area contributed by atoms with Crippen LogP contribution in [0.25, 0.3) is 0 Å². The summed E-state index contributed by atoms with van der Waals surface area (Å²) in [5.41, 5.74) is 1.79. The van der Waals surface area contributed by atoms with Crippen molar-refractivity contribution in [3.63, 3.8) is 0 Å². The van der Waals surface area contributed by atoms with Crippen LogP contribution in [0.4, 0.5) is 0 Å². The number of hydrogen-bond acceptors (Lipinski definition) is 4. The zero-order valence-electron chi connectivity index (χ0n) is 16.0. The summed E-state index contributed by atoms with van der Waals surface area (Å²) >= 11 is 0. The van der Waals surface area contributed by atoms with Crippen LogP contribution >= 0.6 is 0 Å². The Bertz CT molecular complexity index is 772. The fourth-order valence-electron chi connectivity index (χ4n) is 3.28. The molecule has 2 amide bonds. The maximum atomic E-state index is 12.6. The molecule has 2 aromatic rings. The number of rotatable bonds is 7. The molecule has 0 bridgehead atoms. The van der Waals surface area contributed by atoms with E-state index in [2.05, 4.69) is 29.2 Å². The van der Waals surface area contributed by atoms with Gasteiger partial charge in [0, 0.05) is 25.4 Å². The molecule has 2 aromatic heterocycles. The molecule has 1 aliphatic heterocycles. The first-order chi connectivity index (χ1) is 13.0. The number of carbonyl (C=O) groups excluding carboxylic acids is 2. The van der Waals surface area contributed by atoms with E-state index in [-0.39, 0.29) is 24.3 Å². The molecular weight excluding hydrogens is 342 g/mol. The van der Waals surface area contributed by atoms with Crippen molar-refractivity contribution >= 4 is 11.8 Å². The molecular formula is C20H27N5O2. The van der Waals surface area contributed by atoms with E-state index < -0.39 is 0 Å². The predicted octanol–water partition coefficient (Wildman–Crippen LogP) is 2.30. The fraction of sp³-hybridized carbons (Fsp3) is 0.500. The lowest BCUT2D eigenvalue weighted by Crippen LogP contribution is -2.42. The maximum absolute atomic E-state index is 12.6. The van der Waals surface area contributed by atoms with Crippen LogP contribution in [0.5, 0.6) is 0 Å². The van der Waals surface area contributed by atoms with Gasteiger partial charge in [0.2, 0.25) is 11.8 Å². The average Bonchev–Trinajstić information content (AvgIpc) is 3.14. The van der Waals surface area contributed by atoms with E-state index in [0.29, 0.717) is 32.0 Å². The molecule has 0 saturated heterocycles. The minimum Gasteiger partial charge on any atom is -0.350 e. The van der Waals surface area contributed by atoms with Crippen LogP contribution in [0.3, 0.4) is 0 Å². The topological polar surface area (TPSA) is 80.1 Å². The van der Waals surface area contributed by atoms with Gasteiger partial charge in [0.25, 0.3) is 0 Å². The first kappa shape index (κ1) is 19.1. The van der Waals surface area contributed by atoms with Crippen molar-refractivity contribution < 1.29 is 9.59 Å². The van der Waals surface area contributed by atoms with E-state index in [9.17, 15) is 9.59 Å². The van der Waals surface area contributed by atoms with Gasteiger partial charge in [0.15, 0.2) is 0 Å². The second-order valence-electron chi connectivity index (χ2n) is 7.43. The lowest BCUT2D eigenvalue weighted by Gasteiger charge is -2.34. The molecule has 7 heteroatoms. The molecule has 144 valence electrons. The standard InChI is InChI=1S/C20H27N5O2/c1-15(2)6-7-20(27)24-13-17-8-10-23-25(17)18(14-24)11-19(26)22-12-16-5-3-4-9-21-16/h3-5,8-10,15,18H,6-7,11-14H2,1-2H3,(H,22,26). The smallest absolute Gasteiger partial charge is 0.223 e. The van der Waals surface area contributed by atoms with E-state index in [1.807, 2.05) is 33.8 Å². The van der Waals surface area contributed by atoms with Gasteiger partial charge < -0.3 is 10.2 Å². The van der Waals surface area contributed by atoms with Gasteiger partial charge in [-0.1, -0.05) is 19.9 Å². The van der Waals surface area contributed by atoms with E-state index in [4.69, 9.17) is 0 Å². The summed E-state index contributed by atoms with van der Waals surface area (Å²) in [6.07, 6.45) is 5.15. The number of pyridine rings is 1. The molecule has 7 nitrogen and oxygen atoms in total. The van der Waals surface area contributed by atoms with Crippen LogP contribution in [-0.2, 0) is 22.7 Å². The van der Waals surface area contributed by atoms with Gasteiger partial charge in [-0.2, -0.15) is 5.10 Å². The van der Waals surface area contributed by atoms with Crippen LogP contribution in [0.15, 0.2) is 36.7 Å². The van der Waals surface area contributed by atoms with Crippen molar-refractivity contribution in [1.82, 2.24) is 25.0 Å². The Morgan fingerprint density at radius 1 is 1.26 bits per heavy atom. The van der Waals surface area contributed by atoms with Crippen molar-refractivity contribution in [1.29, 1.82) is 0 Å². The van der Waals surface area contributed by atoms with Crippen LogP contribution in [0.1, 0.15) is 50.5 Å². The number of carbonyl (C=O) groups is 2. The molecule has 1 atom stereocenters. The Hall–Kier alpha value is -2.70. The van der Waals surface area contributed by atoms with Crippen molar-refractivity contribution in [2.24, 2.45) is 5.92 Å². The molecule has 1 N–H and O–H groups in total. The third kappa shape index (κ3) is 5.15. The molecule has 1 aliphatic rings. The molecule has 3 heterocycles. The number of hydrogen-bond donors (Lipinski definition) is 1. The number of fused-ring (bicyclic) bond motifs is 1. The molecule has 27 heavy (non-hydrogen) atoms. The molecule has 0 radical (unpaired) electrons. The molecule has 0 fully saturated rings. The van der Waals surface area contributed by atoms with Crippen molar-refractivity contribution in [2.75, 3.05) is 6.54 Å². The average molecular weight is 369 g/mol. The number of nitrogens with one attached hydrogen (secondary N) is 1. The largest absolute Gasteiger partial charge is 0.350 e. The summed E-state index contributed by atoms with van der Waals surface area (Å²) in [5.74, 6) is 0.580. The van der Waals surface area contributed by atoms with Crippen molar-refractivity contribution in [3.05, 3.63) is 48.0 Å². The summed E-state index contributed by atoms with van der Waals surface area (Å²) in [6, 6.07) is 7.39. The van der Waals surface area contributed by atoms with Gasteiger partial charge in [-0.3, -0.25) is 19.3 Å². The van der Waals surface area contributed by atoms with Gasteiger partial charge in [0.05, 0.1) is 36.9 Å². The second kappa shape index (κ2) is 8.79. The van der Waals surface area contributed by atoms with Gasteiger partial charge in [-0.25, -0.2) is 0 Å². The summed E-state index contributed by atoms with van der Waals surface area (Å²) in [6.45, 7) is 5.71. The van der Waals surface area contributed by atoms with Crippen LogP contribution in [0.2, 0.25) is 0 Å². The van der Waals surface area contributed by atoms with Crippen LogP contribution in [-0.4, -0.2) is 38.0 Å². The van der Waals surface area contributed by atoms with E-state index in [1.165, 1.54) is 0 Å². The zero-order chi connectivity index (χ0) is 19.2. The van der Waals surface area contributed by atoms with Gasteiger partial charge in [-0.15, -0.1) is 0 Å². The Kier molecular flexibility index (Phi) is 6.21. The first-order valence-electron chi connectivity index (χ1n) is 9.49. The summed E-state index contributed by atoms with van der Waals surface area (Å²) in [7, 11) is 0. The Morgan fingerprint density at radius 3 is 2.85 bits per heavy atom. The molecule has 1 unspecified atom stereocenters. The third-order valence-electron chi connectivity index (χ3n) is 4.78. The lowest BCUT2D eigenvalue weighted by atomic mass is 10.1. The van der Waals surface area contributed by atoms with Crippen molar-refractivity contribution in [2.45, 2.75) is 52.2 Å². The summed E-state index contributed by atoms with van der Waals surface area (Å²) < 4.78 is 1.88. The second-order valence-corrected chi connectivity index (χ2v) is 7.43. The molecule has 0 aromatic carbocycles. The number of aromatic nitrogens is 3. The van der Waals surface area contributed by atoms with E-state index >= 15 is 0 Å². The first-order valence-corrected chi connectivity index (χ1v) is 9.49. The third-order valence-corrected chi connectivity index (χ3v) is 4.78. The lowest BCUT2D eigenvalue weighted by molar-refractivity contribution is -0.134. The highest BCUT2D eigenvalue weighted by Crippen LogP contribution is 2.24. The van der Waals surface area contributed by atoms with Crippen LogP contribution < -0.4 is 5.32 Å². The molecule has 0 aliphatic carbocycles. The minimum atomic E-state index is -0.143. The normalized spacial score (nSPS) is 16.3. The highest BCUT2D eigenvalue weighted by atomic mass is 16.2. The van der Waals surface area contributed by atoms with E-state index in [0.717, 1.165) is 17.8 Å². The molecule has 3 rings (SSSR count). The monoisotopic (exact) mass is 369 g/mol. The summed E-state index contributed by atoms with van der Waals surface area (Å²) in [4.78, 5) is 31.1. The molecule has 0 saturated carbocycles. The van der Waals surface area contributed by atoms with Crippen molar-refractivity contribution in [3.8, 4) is 0 Å². The number of nitrogens with zero attached hydrogens (tertiary/aromatic N) is 4. The minimum absolute atomic E-state index is 0.0661. The maximum Gasteiger partial charge on any atom is 0.223 e. The Balaban J connectivity index is 1.60. The highest BCUT2D eigenvalue weighted by molar-refractivity contribution is 5.78. The highest BCUT2D eigenvalue weighted by Gasteiger charge is 2.29. The zero-order valence-corrected chi connectivity index (χ0v) is 16.0. The Morgan fingerprint density at radius 2 is 2.11 bits per heavy atom. The Labute approximate surface area is 159 Å². The van der Waals surface area contributed by atoms with Crippen LogP contribution in [0, 0.1) is 5.92 Å². The van der Waals surface area contributed by atoms with E-state index in [1.54, 1.807) is 12.4 Å². The predicted molar refractivity (Wildman–Crippen MR) is 101 cm³/mol. The molecule has 0 spiro atoms. The van der Waals surface area contributed by atoms with Gasteiger partial charge in [-0.05, 0) is 30.5 Å². The fourth-order valence-corrected chi connectivity index (χ4v) is 3.28. The van der Waals surface area contributed by atoms with Gasteiger partial charge >= 0.3 is 0 Å². The quantitative estimate of drug-likeness (QED) is 0.812. The number of amides is 2. The SMILES string of the molecule is CC(C)CCC(=O)N1Cc2ccnn2C(CC(=O)NCc2ccccn2)C1. The van der Waals surface area contributed by atoms with Gasteiger partial charge in [0.1, 0.15) is 0 Å². The summed E-state index contributed by atoms with van der Waals surface area (Å²) in [5, 5.41) is 7.27.